The molecule has 0 radical (unpaired) electrons. The Kier molecular flexibility index (Phi) is 4.76. The molecule has 0 saturated heterocycles. The maximum absolute atomic E-state index is 8.48. The van der Waals surface area contributed by atoms with Crippen LogP contribution in [0.2, 0.25) is 0 Å². The van der Waals surface area contributed by atoms with Crippen molar-refractivity contribution in [2.75, 3.05) is 0 Å². The Hall–Kier alpha value is -0.0551. The van der Waals surface area contributed by atoms with Gasteiger partial charge >= 0.3 is 7.12 Å². The van der Waals surface area contributed by atoms with Gasteiger partial charge in [-0.25, -0.2) is 0 Å². The quantitative estimate of drug-likeness (QED) is 0.451. The fraction of sp³-hybridized carbons (Fsp3) is 1.00. The number of nitrogens with two attached hydrogens (primary N) is 1. The third-order valence-electron chi connectivity index (χ3n) is 1.27. The summed E-state index contributed by atoms with van der Waals surface area (Å²) in [5.74, 6) is -0.468. The molecular formula is C5H14BNO2. The number of unbranched alkanes of at least 4 members (excludes halogenated alkanes) is 1. The predicted octanol–water partition coefficient (Wildman–Crippen LogP) is -0.484. The van der Waals surface area contributed by atoms with Crippen LogP contribution < -0.4 is 5.73 Å². The normalized spacial score (nSPS) is 13.3. The second-order valence-corrected chi connectivity index (χ2v) is 2.22. The minimum atomic E-state index is -1.35. The summed E-state index contributed by atoms with van der Waals surface area (Å²) >= 11 is 0. The summed E-state index contributed by atoms with van der Waals surface area (Å²) in [6, 6.07) is 0. The van der Waals surface area contributed by atoms with Gasteiger partial charge in [-0.3, -0.25) is 0 Å². The zero-order chi connectivity index (χ0) is 7.28. The van der Waals surface area contributed by atoms with Crippen LogP contribution in [-0.4, -0.2) is 23.1 Å². The van der Waals surface area contributed by atoms with Crippen LogP contribution in [0, 0.1) is 0 Å². The van der Waals surface area contributed by atoms with E-state index in [1.807, 2.05) is 6.92 Å². The summed E-state index contributed by atoms with van der Waals surface area (Å²) in [5, 5.41) is 17.0. The van der Waals surface area contributed by atoms with E-state index in [9.17, 15) is 0 Å². The van der Waals surface area contributed by atoms with Crippen molar-refractivity contribution < 1.29 is 10.0 Å². The van der Waals surface area contributed by atoms with E-state index in [-0.39, 0.29) is 0 Å². The summed E-state index contributed by atoms with van der Waals surface area (Å²) in [6.45, 7) is 2.04. The first kappa shape index (κ1) is 8.94. The molecule has 0 amide bonds. The summed E-state index contributed by atoms with van der Waals surface area (Å²) in [6.07, 6.45) is 2.69. The van der Waals surface area contributed by atoms with Gasteiger partial charge in [0.2, 0.25) is 0 Å². The van der Waals surface area contributed by atoms with Gasteiger partial charge < -0.3 is 15.8 Å². The van der Waals surface area contributed by atoms with Crippen molar-refractivity contribution in [2.24, 2.45) is 5.73 Å². The van der Waals surface area contributed by atoms with E-state index >= 15 is 0 Å². The van der Waals surface area contributed by atoms with Crippen molar-refractivity contribution in [1.29, 1.82) is 0 Å². The van der Waals surface area contributed by atoms with Crippen LogP contribution in [0.25, 0.3) is 0 Å². The highest BCUT2D eigenvalue weighted by atomic mass is 16.4. The van der Waals surface area contributed by atoms with Crippen LogP contribution in [-0.2, 0) is 0 Å². The standard InChI is InChI=1S/C5H14BNO2/c1-2-3-4-5(7)6(8)9/h5,8-9H,2-4,7H2,1H3. The van der Waals surface area contributed by atoms with Gasteiger partial charge in [0.15, 0.2) is 0 Å². The third kappa shape index (κ3) is 4.45. The molecule has 54 valence electrons. The lowest BCUT2D eigenvalue weighted by Gasteiger charge is -2.07. The molecule has 0 aromatic carbocycles. The van der Waals surface area contributed by atoms with Gasteiger partial charge in [-0.2, -0.15) is 0 Å². The number of hydrogen-bond donors (Lipinski definition) is 3. The molecule has 0 aliphatic carbocycles. The Morgan fingerprint density at radius 1 is 1.56 bits per heavy atom. The number of hydrogen-bond acceptors (Lipinski definition) is 3. The lowest BCUT2D eigenvalue weighted by molar-refractivity contribution is 0.380. The molecule has 0 spiro atoms. The van der Waals surface area contributed by atoms with E-state index < -0.39 is 13.1 Å². The largest absolute Gasteiger partial charge is 0.469 e. The van der Waals surface area contributed by atoms with Crippen molar-refractivity contribution >= 4 is 7.12 Å². The van der Waals surface area contributed by atoms with Crippen LogP contribution in [0.3, 0.4) is 0 Å². The molecular weight excluding hydrogens is 117 g/mol. The SMILES string of the molecule is CCCCC(N)B(O)O. The minimum Gasteiger partial charge on any atom is -0.426 e. The summed E-state index contributed by atoms with van der Waals surface area (Å²) in [7, 11) is -1.35. The van der Waals surface area contributed by atoms with E-state index in [0.29, 0.717) is 6.42 Å². The van der Waals surface area contributed by atoms with Crippen molar-refractivity contribution in [2.45, 2.75) is 32.1 Å². The van der Waals surface area contributed by atoms with Crippen molar-refractivity contribution in [3.63, 3.8) is 0 Å². The zero-order valence-electron chi connectivity index (χ0n) is 5.75. The number of rotatable bonds is 4. The second kappa shape index (κ2) is 4.79. The first-order valence-electron chi connectivity index (χ1n) is 3.30. The van der Waals surface area contributed by atoms with Gasteiger partial charge in [0.05, 0.1) is 0 Å². The third-order valence-corrected chi connectivity index (χ3v) is 1.27. The van der Waals surface area contributed by atoms with E-state index in [1.54, 1.807) is 0 Å². The van der Waals surface area contributed by atoms with E-state index in [1.165, 1.54) is 0 Å². The zero-order valence-corrected chi connectivity index (χ0v) is 5.75. The first-order valence-corrected chi connectivity index (χ1v) is 3.30. The highest BCUT2D eigenvalue weighted by Crippen LogP contribution is 1.97. The molecule has 0 bridgehead atoms. The summed E-state index contributed by atoms with van der Waals surface area (Å²) < 4.78 is 0. The smallest absolute Gasteiger partial charge is 0.426 e. The Morgan fingerprint density at radius 3 is 2.44 bits per heavy atom. The molecule has 4 heteroatoms. The molecule has 9 heavy (non-hydrogen) atoms. The highest BCUT2D eigenvalue weighted by molar-refractivity contribution is 6.43. The van der Waals surface area contributed by atoms with Gasteiger partial charge in [0.25, 0.3) is 0 Å². The Bertz CT molecular complexity index is 70.0. The van der Waals surface area contributed by atoms with Crippen molar-refractivity contribution in [3.8, 4) is 0 Å². The molecule has 0 aliphatic heterocycles. The molecule has 4 N–H and O–H groups in total. The maximum atomic E-state index is 8.48. The molecule has 1 unspecified atom stereocenters. The van der Waals surface area contributed by atoms with Gasteiger partial charge in [-0.15, -0.1) is 0 Å². The minimum absolute atomic E-state index is 0.468. The lowest BCUT2D eigenvalue weighted by atomic mass is 9.77. The Balaban J connectivity index is 3.16. The van der Waals surface area contributed by atoms with E-state index in [0.717, 1.165) is 12.8 Å². The molecule has 0 rings (SSSR count). The molecule has 0 aliphatic rings. The Labute approximate surface area is 56.0 Å². The molecule has 1 atom stereocenters. The average molecular weight is 131 g/mol. The van der Waals surface area contributed by atoms with Gasteiger partial charge in [-0.1, -0.05) is 19.8 Å². The fourth-order valence-corrected chi connectivity index (χ4v) is 0.589. The maximum Gasteiger partial charge on any atom is 0.469 e. The van der Waals surface area contributed by atoms with Crippen molar-refractivity contribution in [1.82, 2.24) is 0 Å². The van der Waals surface area contributed by atoms with Crippen LogP contribution in [0.4, 0.5) is 0 Å². The van der Waals surface area contributed by atoms with Crippen LogP contribution in [0.15, 0.2) is 0 Å². The predicted molar refractivity (Wildman–Crippen MR) is 37.7 cm³/mol. The van der Waals surface area contributed by atoms with Gasteiger partial charge in [-0.05, 0) is 6.42 Å². The monoisotopic (exact) mass is 131 g/mol. The Morgan fingerprint density at radius 2 is 2.11 bits per heavy atom. The lowest BCUT2D eigenvalue weighted by Crippen LogP contribution is -2.38. The molecule has 0 fully saturated rings. The van der Waals surface area contributed by atoms with Gasteiger partial charge in [0, 0.05) is 5.94 Å². The van der Waals surface area contributed by atoms with Crippen LogP contribution >= 0.6 is 0 Å². The van der Waals surface area contributed by atoms with Crippen LogP contribution in [0.5, 0.6) is 0 Å². The molecule has 0 aromatic rings. The van der Waals surface area contributed by atoms with Gasteiger partial charge in [0.1, 0.15) is 0 Å². The molecule has 0 heterocycles. The summed E-state index contributed by atoms with van der Waals surface area (Å²) in [4.78, 5) is 0. The molecule has 0 aromatic heterocycles. The average Bonchev–Trinajstić information content (AvgIpc) is 1.82. The van der Waals surface area contributed by atoms with Crippen molar-refractivity contribution in [3.05, 3.63) is 0 Å². The first-order chi connectivity index (χ1) is 4.18. The fourth-order valence-electron chi connectivity index (χ4n) is 0.589. The second-order valence-electron chi connectivity index (χ2n) is 2.22. The van der Waals surface area contributed by atoms with E-state index in [4.69, 9.17) is 15.8 Å². The molecule has 3 nitrogen and oxygen atoms in total. The van der Waals surface area contributed by atoms with Crippen LogP contribution in [0.1, 0.15) is 26.2 Å². The highest BCUT2D eigenvalue weighted by Gasteiger charge is 2.16. The topological polar surface area (TPSA) is 66.5 Å². The van der Waals surface area contributed by atoms with E-state index in [2.05, 4.69) is 0 Å². The molecule has 0 saturated carbocycles. The summed E-state index contributed by atoms with van der Waals surface area (Å²) in [5.41, 5.74) is 5.30.